The molecule has 116 valence electrons. The Labute approximate surface area is 134 Å². The number of rotatable bonds is 6. The number of carbonyl (C=O) groups is 1. The highest BCUT2D eigenvalue weighted by atomic mass is 35.5. The molecule has 0 unspecified atom stereocenters. The molecule has 0 spiro atoms. The maximum absolute atomic E-state index is 12.4. The maximum atomic E-state index is 12.4. The van der Waals surface area contributed by atoms with Gasteiger partial charge in [-0.2, -0.15) is 0 Å². The van der Waals surface area contributed by atoms with Crippen LogP contribution in [0.3, 0.4) is 0 Å². The van der Waals surface area contributed by atoms with Crippen molar-refractivity contribution >= 4 is 39.0 Å². The molecule has 0 radical (unpaired) electrons. The summed E-state index contributed by atoms with van der Waals surface area (Å²) in [5, 5.41) is 0.674. The van der Waals surface area contributed by atoms with Crippen LogP contribution in [-0.2, 0) is 25.1 Å². The van der Waals surface area contributed by atoms with Gasteiger partial charge in [-0.25, -0.2) is 8.42 Å². The highest BCUT2D eigenvalue weighted by Gasteiger charge is 2.47. The largest absolute Gasteiger partial charge is 0.469 e. The second-order valence-corrected chi connectivity index (χ2v) is 8.36. The van der Waals surface area contributed by atoms with Crippen LogP contribution in [0.25, 0.3) is 0 Å². The van der Waals surface area contributed by atoms with E-state index in [0.717, 1.165) is 12.8 Å². The van der Waals surface area contributed by atoms with Crippen LogP contribution in [0.5, 0.6) is 0 Å². The lowest BCUT2D eigenvalue weighted by molar-refractivity contribution is -0.141. The molecule has 0 bridgehead atoms. The van der Waals surface area contributed by atoms with Gasteiger partial charge in [0.1, 0.15) is 0 Å². The first-order chi connectivity index (χ1) is 9.77. The van der Waals surface area contributed by atoms with Crippen molar-refractivity contribution in [1.29, 1.82) is 0 Å². The van der Waals surface area contributed by atoms with Crippen LogP contribution in [-0.4, -0.2) is 27.2 Å². The standard InChI is InChI=1S/C14H16Cl2O4S/c1-20-13(17)7-14(5-6-14)9-21(18,19)8-10-11(15)3-2-4-12(10)16/h2-4H,5-9H2,1H3. The summed E-state index contributed by atoms with van der Waals surface area (Å²) >= 11 is 12.0. The summed E-state index contributed by atoms with van der Waals surface area (Å²) in [6.45, 7) is 0. The van der Waals surface area contributed by atoms with Gasteiger partial charge in [0.2, 0.25) is 0 Å². The molecule has 4 nitrogen and oxygen atoms in total. The normalized spacial score (nSPS) is 16.5. The van der Waals surface area contributed by atoms with Crippen LogP contribution in [0.1, 0.15) is 24.8 Å². The Balaban J connectivity index is 2.11. The molecule has 0 amide bonds. The molecular weight excluding hydrogens is 335 g/mol. The smallest absolute Gasteiger partial charge is 0.306 e. The van der Waals surface area contributed by atoms with Crippen molar-refractivity contribution in [2.24, 2.45) is 5.41 Å². The van der Waals surface area contributed by atoms with Crippen LogP contribution in [0, 0.1) is 5.41 Å². The van der Waals surface area contributed by atoms with Crippen LogP contribution >= 0.6 is 23.2 Å². The lowest BCUT2D eigenvalue weighted by Crippen LogP contribution is -2.22. The second-order valence-electron chi connectivity index (χ2n) is 5.49. The lowest BCUT2D eigenvalue weighted by Gasteiger charge is -2.15. The lowest BCUT2D eigenvalue weighted by atomic mass is 10.1. The summed E-state index contributed by atoms with van der Waals surface area (Å²) < 4.78 is 29.3. The van der Waals surface area contributed by atoms with Crippen LogP contribution < -0.4 is 0 Å². The van der Waals surface area contributed by atoms with Crippen molar-refractivity contribution < 1.29 is 17.9 Å². The molecule has 1 aromatic carbocycles. The molecule has 2 rings (SSSR count). The summed E-state index contributed by atoms with van der Waals surface area (Å²) in [4.78, 5) is 11.4. The molecule has 1 aromatic rings. The maximum Gasteiger partial charge on any atom is 0.306 e. The van der Waals surface area contributed by atoms with E-state index in [1.807, 2.05) is 0 Å². The number of sulfone groups is 1. The monoisotopic (exact) mass is 350 g/mol. The SMILES string of the molecule is COC(=O)CC1(CS(=O)(=O)Cc2c(Cl)cccc2Cl)CC1. The Morgan fingerprint density at radius 1 is 1.29 bits per heavy atom. The zero-order valence-corrected chi connectivity index (χ0v) is 13.9. The van der Waals surface area contributed by atoms with E-state index in [2.05, 4.69) is 4.74 Å². The van der Waals surface area contributed by atoms with Gasteiger partial charge in [0.25, 0.3) is 0 Å². The Morgan fingerprint density at radius 3 is 2.33 bits per heavy atom. The van der Waals surface area contributed by atoms with Crippen LogP contribution in [0.4, 0.5) is 0 Å². The number of hydrogen-bond donors (Lipinski definition) is 0. The van der Waals surface area contributed by atoms with Crippen molar-refractivity contribution in [3.05, 3.63) is 33.8 Å². The number of hydrogen-bond acceptors (Lipinski definition) is 4. The minimum atomic E-state index is -3.41. The zero-order chi connectivity index (χ0) is 15.7. The summed E-state index contributed by atoms with van der Waals surface area (Å²) in [7, 11) is -2.10. The molecule has 7 heteroatoms. The van der Waals surface area contributed by atoms with E-state index < -0.39 is 15.3 Å². The summed E-state index contributed by atoms with van der Waals surface area (Å²) in [6.07, 6.45) is 1.58. The van der Waals surface area contributed by atoms with E-state index in [4.69, 9.17) is 23.2 Å². The van der Waals surface area contributed by atoms with Crippen molar-refractivity contribution in [2.75, 3.05) is 12.9 Å². The van der Waals surface area contributed by atoms with E-state index >= 15 is 0 Å². The van der Waals surface area contributed by atoms with Crippen molar-refractivity contribution in [1.82, 2.24) is 0 Å². The van der Waals surface area contributed by atoms with Crippen molar-refractivity contribution in [3.8, 4) is 0 Å². The van der Waals surface area contributed by atoms with Crippen molar-refractivity contribution in [2.45, 2.75) is 25.0 Å². The number of benzene rings is 1. The van der Waals surface area contributed by atoms with E-state index in [-0.39, 0.29) is 23.9 Å². The molecule has 1 aliphatic rings. The minimum absolute atomic E-state index is 0.0450. The molecule has 1 saturated carbocycles. The molecule has 0 aliphatic heterocycles. The average molecular weight is 351 g/mol. The Hall–Kier alpha value is -0.780. The predicted octanol–water partition coefficient (Wildman–Crippen LogP) is 3.25. The first kappa shape index (κ1) is 16.6. The van der Waals surface area contributed by atoms with Gasteiger partial charge in [0.05, 0.1) is 25.0 Å². The van der Waals surface area contributed by atoms with Crippen LogP contribution in [0.2, 0.25) is 10.0 Å². The summed E-state index contributed by atoms with van der Waals surface area (Å²) in [5.41, 5.74) is -0.0608. The second kappa shape index (κ2) is 6.15. The third-order valence-corrected chi connectivity index (χ3v) is 6.15. The molecule has 1 aliphatic carbocycles. The molecule has 0 aromatic heterocycles. The van der Waals surface area contributed by atoms with Gasteiger partial charge in [0.15, 0.2) is 9.84 Å². The first-order valence-electron chi connectivity index (χ1n) is 6.47. The topological polar surface area (TPSA) is 60.4 Å². The van der Waals surface area contributed by atoms with E-state index in [1.165, 1.54) is 7.11 Å². The van der Waals surface area contributed by atoms with E-state index in [0.29, 0.717) is 15.6 Å². The quantitative estimate of drug-likeness (QED) is 0.738. The van der Waals surface area contributed by atoms with Gasteiger partial charge in [-0.3, -0.25) is 4.79 Å². The van der Waals surface area contributed by atoms with Gasteiger partial charge >= 0.3 is 5.97 Å². The molecule has 21 heavy (non-hydrogen) atoms. The fourth-order valence-electron chi connectivity index (χ4n) is 2.33. The molecule has 0 atom stereocenters. The first-order valence-corrected chi connectivity index (χ1v) is 9.05. The molecule has 0 heterocycles. The fraction of sp³-hybridized carbons (Fsp3) is 0.500. The predicted molar refractivity (Wildman–Crippen MR) is 82.3 cm³/mol. The van der Waals surface area contributed by atoms with Gasteiger partial charge < -0.3 is 4.74 Å². The molecule has 1 fully saturated rings. The van der Waals surface area contributed by atoms with Gasteiger partial charge in [-0.1, -0.05) is 29.3 Å². The average Bonchev–Trinajstić information content (AvgIpc) is 3.12. The Morgan fingerprint density at radius 2 is 1.86 bits per heavy atom. The Kier molecular flexibility index (Phi) is 4.85. The van der Waals surface area contributed by atoms with Gasteiger partial charge in [0, 0.05) is 15.6 Å². The number of carbonyl (C=O) groups excluding carboxylic acids is 1. The number of methoxy groups -OCH3 is 1. The van der Waals surface area contributed by atoms with Crippen molar-refractivity contribution in [3.63, 3.8) is 0 Å². The highest BCUT2D eigenvalue weighted by molar-refractivity contribution is 7.90. The Bertz CT molecular complexity index is 631. The minimum Gasteiger partial charge on any atom is -0.469 e. The van der Waals surface area contributed by atoms with Gasteiger partial charge in [-0.05, 0) is 30.4 Å². The third kappa shape index (κ3) is 4.34. The van der Waals surface area contributed by atoms with Crippen LogP contribution in [0.15, 0.2) is 18.2 Å². The highest BCUT2D eigenvalue weighted by Crippen LogP contribution is 2.50. The number of ether oxygens (including phenoxy) is 1. The molecule has 0 N–H and O–H groups in total. The summed E-state index contributed by atoms with van der Waals surface area (Å²) in [6, 6.07) is 4.89. The molecular formula is C14H16Cl2O4S. The van der Waals surface area contributed by atoms with Gasteiger partial charge in [-0.15, -0.1) is 0 Å². The van der Waals surface area contributed by atoms with E-state index in [1.54, 1.807) is 18.2 Å². The summed E-state index contributed by atoms with van der Waals surface area (Å²) in [5.74, 6) is -0.635. The third-order valence-electron chi connectivity index (χ3n) is 3.66. The van der Waals surface area contributed by atoms with E-state index in [9.17, 15) is 13.2 Å². The molecule has 0 saturated heterocycles. The zero-order valence-electron chi connectivity index (χ0n) is 11.6. The number of esters is 1. The number of halogens is 2. The fourth-order valence-corrected chi connectivity index (χ4v) is 5.20.